The Balaban J connectivity index is 1.57. The topological polar surface area (TPSA) is 75.4 Å². The van der Waals surface area contributed by atoms with Crippen LogP contribution in [0, 0.1) is 0 Å². The molecule has 6 nitrogen and oxygen atoms in total. The molecule has 0 radical (unpaired) electrons. The first kappa shape index (κ1) is 18.7. The minimum Gasteiger partial charge on any atom is -0.444 e. The molecule has 28 heavy (non-hydrogen) atoms. The van der Waals surface area contributed by atoms with Crippen LogP contribution >= 0.6 is 27.5 Å². The van der Waals surface area contributed by atoms with Gasteiger partial charge in [-0.25, -0.2) is 9.78 Å². The highest BCUT2D eigenvalue weighted by Gasteiger charge is 2.49. The van der Waals surface area contributed by atoms with Crippen molar-refractivity contribution in [1.29, 1.82) is 0 Å². The van der Waals surface area contributed by atoms with Crippen LogP contribution in [-0.4, -0.2) is 21.8 Å². The molecule has 0 saturated carbocycles. The summed E-state index contributed by atoms with van der Waals surface area (Å²) in [5.74, 6) is 0.0298. The Morgan fingerprint density at radius 1 is 1.21 bits per heavy atom. The van der Waals surface area contributed by atoms with Gasteiger partial charge in [-0.1, -0.05) is 45.7 Å². The summed E-state index contributed by atoms with van der Waals surface area (Å²) in [5, 5.41) is 3.35. The summed E-state index contributed by atoms with van der Waals surface area (Å²) < 4.78 is 6.32. The number of aromatic nitrogens is 1. The van der Waals surface area contributed by atoms with Gasteiger partial charge >= 0.3 is 6.03 Å². The molecule has 4 rings (SSSR count). The Kier molecular flexibility index (Phi) is 4.72. The van der Waals surface area contributed by atoms with Crippen molar-refractivity contribution in [2.45, 2.75) is 19.0 Å². The standard InChI is InChI=1S/C20H15BrClN3O3/c1-20(13-5-3-6-14(21)9-13)18(26)25(19(27)24-20)10-16-11-28-17(23-16)12-4-2-7-15(22)8-12/h2-9,11H,10H2,1H3,(H,24,27). The zero-order valence-corrected chi connectivity index (χ0v) is 17.1. The van der Waals surface area contributed by atoms with Crippen molar-refractivity contribution in [3.8, 4) is 11.5 Å². The fourth-order valence-corrected chi connectivity index (χ4v) is 3.72. The van der Waals surface area contributed by atoms with Gasteiger partial charge in [-0.15, -0.1) is 0 Å². The average molecular weight is 461 g/mol. The molecule has 1 aromatic heterocycles. The second-order valence-electron chi connectivity index (χ2n) is 6.61. The largest absolute Gasteiger partial charge is 0.444 e. The van der Waals surface area contributed by atoms with Crippen LogP contribution in [-0.2, 0) is 16.9 Å². The predicted octanol–water partition coefficient (Wildman–Crippen LogP) is 4.72. The second kappa shape index (κ2) is 7.07. The van der Waals surface area contributed by atoms with Crippen LogP contribution in [0.1, 0.15) is 18.2 Å². The Bertz CT molecular complexity index is 1080. The number of nitrogens with one attached hydrogen (secondary N) is 1. The van der Waals surface area contributed by atoms with Gasteiger partial charge in [0.15, 0.2) is 0 Å². The van der Waals surface area contributed by atoms with Gasteiger partial charge in [0, 0.05) is 15.1 Å². The monoisotopic (exact) mass is 459 g/mol. The Labute approximate surface area is 174 Å². The number of benzene rings is 2. The predicted molar refractivity (Wildman–Crippen MR) is 108 cm³/mol. The number of imide groups is 1. The molecule has 2 heterocycles. The van der Waals surface area contributed by atoms with Gasteiger partial charge in [-0.2, -0.15) is 0 Å². The van der Waals surface area contributed by atoms with Crippen LogP contribution in [0.3, 0.4) is 0 Å². The third-order valence-corrected chi connectivity index (χ3v) is 5.35. The van der Waals surface area contributed by atoms with E-state index in [-0.39, 0.29) is 12.5 Å². The molecule has 142 valence electrons. The number of oxazole rings is 1. The summed E-state index contributed by atoms with van der Waals surface area (Å²) in [5.41, 5.74) is 0.745. The molecule has 1 unspecified atom stereocenters. The van der Waals surface area contributed by atoms with Crippen molar-refractivity contribution < 1.29 is 14.0 Å². The fraction of sp³-hybridized carbons (Fsp3) is 0.150. The van der Waals surface area contributed by atoms with E-state index in [0.717, 1.165) is 14.9 Å². The van der Waals surface area contributed by atoms with Crippen molar-refractivity contribution >= 4 is 39.5 Å². The van der Waals surface area contributed by atoms with E-state index in [1.165, 1.54) is 6.26 Å². The molecule has 3 amide bonds. The Morgan fingerprint density at radius 2 is 2.00 bits per heavy atom. The summed E-state index contributed by atoms with van der Waals surface area (Å²) in [4.78, 5) is 31.0. The van der Waals surface area contributed by atoms with Crippen LogP contribution in [0.15, 0.2) is 63.7 Å². The second-order valence-corrected chi connectivity index (χ2v) is 7.96. The van der Waals surface area contributed by atoms with Gasteiger partial charge in [0.2, 0.25) is 5.89 Å². The zero-order chi connectivity index (χ0) is 19.9. The molecule has 1 N–H and O–H groups in total. The molecule has 0 bridgehead atoms. The third-order valence-electron chi connectivity index (χ3n) is 4.62. The number of hydrogen-bond donors (Lipinski definition) is 1. The highest BCUT2D eigenvalue weighted by molar-refractivity contribution is 9.10. The minimum absolute atomic E-state index is 0.0122. The first-order valence-corrected chi connectivity index (χ1v) is 9.64. The first-order valence-electron chi connectivity index (χ1n) is 8.47. The molecule has 1 aliphatic heterocycles. The maximum absolute atomic E-state index is 13.0. The van der Waals surface area contributed by atoms with Crippen molar-refractivity contribution in [2.75, 3.05) is 0 Å². The van der Waals surface area contributed by atoms with E-state index in [1.54, 1.807) is 31.2 Å². The lowest BCUT2D eigenvalue weighted by molar-refractivity contribution is -0.131. The Morgan fingerprint density at radius 3 is 2.75 bits per heavy atom. The molecule has 0 aliphatic carbocycles. The Hall–Kier alpha value is -2.64. The lowest BCUT2D eigenvalue weighted by atomic mass is 9.92. The summed E-state index contributed by atoms with van der Waals surface area (Å²) in [6.45, 7) is 1.70. The molecule has 3 aromatic rings. The van der Waals surface area contributed by atoms with E-state index in [9.17, 15) is 9.59 Å². The number of nitrogens with zero attached hydrogens (tertiary/aromatic N) is 2. The lowest BCUT2D eigenvalue weighted by Gasteiger charge is -2.22. The molecule has 1 saturated heterocycles. The molecule has 0 spiro atoms. The number of carbonyl (C=O) groups is 2. The number of hydrogen-bond acceptors (Lipinski definition) is 4. The molecule has 1 fully saturated rings. The van der Waals surface area contributed by atoms with Crippen LogP contribution in [0.5, 0.6) is 0 Å². The fourth-order valence-electron chi connectivity index (χ4n) is 3.13. The van der Waals surface area contributed by atoms with Gasteiger partial charge in [0.05, 0.1) is 12.2 Å². The molecule has 1 atom stereocenters. The van der Waals surface area contributed by atoms with E-state index in [0.29, 0.717) is 22.2 Å². The van der Waals surface area contributed by atoms with Crippen molar-refractivity contribution in [1.82, 2.24) is 15.2 Å². The number of halogens is 2. The van der Waals surface area contributed by atoms with Crippen LogP contribution in [0.2, 0.25) is 5.02 Å². The number of amides is 3. The normalized spacial score (nSPS) is 19.2. The highest BCUT2D eigenvalue weighted by atomic mass is 79.9. The zero-order valence-electron chi connectivity index (χ0n) is 14.8. The molecular weight excluding hydrogens is 446 g/mol. The number of rotatable bonds is 4. The third kappa shape index (κ3) is 3.31. The maximum atomic E-state index is 13.0. The molecule has 1 aliphatic rings. The molecule has 8 heteroatoms. The highest BCUT2D eigenvalue weighted by Crippen LogP contribution is 2.31. The molecule has 2 aromatic carbocycles. The van der Waals surface area contributed by atoms with Crippen LogP contribution < -0.4 is 5.32 Å². The van der Waals surface area contributed by atoms with E-state index in [2.05, 4.69) is 26.2 Å². The van der Waals surface area contributed by atoms with E-state index < -0.39 is 11.6 Å². The maximum Gasteiger partial charge on any atom is 0.325 e. The minimum atomic E-state index is -1.14. The lowest BCUT2D eigenvalue weighted by Crippen LogP contribution is -2.40. The van der Waals surface area contributed by atoms with Gasteiger partial charge in [-0.05, 0) is 42.8 Å². The summed E-state index contributed by atoms with van der Waals surface area (Å²) >= 11 is 9.40. The van der Waals surface area contributed by atoms with Crippen molar-refractivity contribution in [3.63, 3.8) is 0 Å². The van der Waals surface area contributed by atoms with Gasteiger partial charge in [0.25, 0.3) is 5.91 Å². The van der Waals surface area contributed by atoms with Gasteiger partial charge in [-0.3, -0.25) is 9.69 Å². The SMILES string of the molecule is CC1(c2cccc(Br)c2)NC(=O)N(Cc2coc(-c3cccc(Cl)c3)n2)C1=O. The van der Waals surface area contributed by atoms with E-state index >= 15 is 0 Å². The van der Waals surface area contributed by atoms with E-state index in [4.69, 9.17) is 16.0 Å². The smallest absolute Gasteiger partial charge is 0.325 e. The van der Waals surface area contributed by atoms with Crippen LogP contribution in [0.4, 0.5) is 4.79 Å². The quantitative estimate of drug-likeness (QED) is 0.571. The average Bonchev–Trinajstić information content (AvgIpc) is 3.21. The van der Waals surface area contributed by atoms with Crippen LogP contribution in [0.25, 0.3) is 11.5 Å². The number of carbonyl (C=O) groups excluding carboxylic acids is 2. The molecular formula is C20H15BrClN3O3. The van der Waals surface area contributed by atoms with Gasteiger partial charge < -0.3 is 9.73 Å². The first-order chi connectivity index (χ1) is 13.4. The van der Waals surface area contributed by atoms with Crippen molar-refractivity contribution in [3.05, 3.63) is 75.5 Å². The summed E-state index contributed by atoms with van der Waals surface area (Å²) in [6.07, 6.45) is 1.44. The van der Waals surface area contributed by atoms with Crippen molar-refractivity contribution in [2.24, 2.45) is 0 Å². The summed E-state index contributed by atoms with van der Waals surface area (Å²) in [7, 11) is 0. The number of urea groups is 1. The van der Waals surface area contributed by atoms with E-state index in [1.807, 2.05) is 24.3 Å². The van der Waals surface area contributed by atoms with Gasteiger partial charge in [0.1, 0.15) is 11.8 Å². The summed E-state index contributed by atoms with van der Waals surface area (Å²) in [6, 6.07) is 13.9.